The Kier molecular flexibility index (Phi) is 4.16. The summed E-state index contributed by atoms with van der Waals surface area (Å²) in [5, 5.41) is 6.49. The van der Waals surface area contributed by atoms with Gasteiger partial charge in [0, 0.05) is 11.3 Å². The molecule has 26 heavy (non-hydrogen) atoms. The topological polar surface area (TPSA) is 67.6 Å². The van der Waals surface area contributed by atoms with Crippen molar-refractivity contribution in [2.75, 3.05) is 6.54 Å². The van der Waals surface area contributed by atoms with Gasteiger partial charge in [-0.15, -0.1) is 11.3 Å². The van der Waals surface area contributed by atoms with Crippen LogP contribution >= 0.6 is 11.3 Å². The van der Waals surface area contributed by atoms with Gasteiger partial charge in [-0.25, -0.2) is 9.99 Å². The monoisotopic (exact) mass is 366 g/mol. The Morgan fingerprint density at radius 2 is 2.00 bits per heavy atom. The van der Waals surface area contributed by atoms with Gasteiger partial charge in [0.05, 0.1) is 24.0 Å². The summed E-state index contributed by atoms with van der Waals surface area (Å²) in [6.45, 7) is 4.37. The van der Waals surface area contributed by atoms with Crippen LogP contribution < -0.4 is 5.56 Å². The third kappa shape index (κ3) is 2.84. The fourth-order valence-corrected chi connectivity index (χ4v) is 4.07. The van der Waals surface area contributed by atoms with Crippen molar-refractivity contribution in [3.8, 4) is 0 Å². The maximum atomic E-state index is 12.7. The Morgan fingerprint density at radius 3 is 2.77 bits per heavy atom. The molecule has 0 atom stereocenters. The van der Waals surface area contributed by atoms with Gasteiger partial charge in [0.1, 0.15) is 11.4 Å². The van der Waals surface area contributed by atoms with E-state index >= 15 is 0 Å². The Bertz CT molecular complexity index is 1080. The molecule has 1 aromatic carbocycles. The molecule has 2 aromatic heterocycles. The molecule has 0 N–H and O–H groups in total. The number of fused-ring (bicyclic) bond motifs is 1. The number of aryl methyl sites for hydroxylation is 2. The average Bonchev–Trinajstić information content (AvgIpc) is 3.24. The smallest absolute Gasteiger partial charge is 0.262 e. The minimum Gasteiger partial charge on any atom is -0.289 e. The summed E-state index contributed by atoms with van der Waals surface area (Å²) in [5.41, 5.74) is 2.68. The zero-order valence-corrected chi connectivity index (χ0v) is 15.4. The Balaban J connectivity index is 1.58. The van der Waals surface area contributed by atoms with Gasteiger partial charge in [0.2, 0.25) is 0 Å². The highest BCUT2D eigenvalue weighted by molar-refractivity contribution is 7.18. The van der Waals surface area contributed by atoms with E-state index in [4.69, 9.17) is 0 Å². The van der Waals surface area contributed by atoms with Gasteiger partial charge in [-0.3, -0.25) is 14.2 Å². The van der Waals surface area contributed by atoms with Crippen molar-refractivity contribution >= 4 is 33.2 Å². The number of amides is 1. The average molecular weight is 366 g/mol. The third-order valence-electron chi connectivity index (χ3n) is 4.66. The molecule has 132 valence electrons. The predicted molar refractivity (Wildman–Crippen MR) is 103 cm³/mol. The number of nitrogens with zero attached hydrogens (tertiary/aromatic N) is 4. The number of carbonyl (C=O) groups is 1. The summed E-state index contributed by atoms with van der Waals surface area (Å²) in [4.78, 5) is 31.5. The molecular weight excluding hydrogens is 348 g/mol. The van der Waals surface area contributed by atoms with E-state index in [1.807, 2.05) is 44.2 Å². The van der Waals surface area contributed by atoms with Crippen LogP contribution in [-0.2, 0) is 11.3 Å². The van der Waals surface area contributed by atoms with Gasteiger partial charge >= 0.3 is 0 Å². The summed E-state index contributed by atoms with van der Waals surface area (Å²) in [5.74, 6) is -0.205. The minimum absolute atomic E-state index is 0.0539. The zero-order valence-electron chi connectivity index (χ0n) is 14.6. The van der Waals surface area contributed by atoms with Crippen LogP contribution in [0.5, 0.6) is 0 Å². The Morgan fingerprint density at radius 1 is 1.23 bits per heavy atom. The highest BCUT2D eigenvalue weighted by Gasteiger charge is 2.22. The third-order valence-corrected chi connectivity index (χ3v) is 5.77. The fraction of sp³-hybridized carbons (Fsp3) is 0.263. The summed E-state index contributed by atoms with van der Waals surface area (Å²) in [6.07, 6.45) is 2.17. The predicted octanol–water partition coefficient (Wildman–Crippen LogP) is 2.71. The van der Waals surface area contributed by atoms with E-state index in [-0.39, 0.29) is 18.0 Å². The lowest BCUT2D eigenvalue weighted by molar-refractivity contribution is -0.131. The molecule has 4 rings (SSSR count). The van der Waals surface area contributed by atoms with Crippen LogP contribution in [0.3, 0.4) is 0 Å². The van der Waals surface area contributed by atoms with Gasteiger partial charge in [-0.2, -0.15) is 5.10 Å². The zero-order chi connectivity index (χ0) is 18.3. The molecule has 0 aliphatic carbocycles. The second-order valence-electron chi connectivity index (χ2n) is 6.32. The Labute approximate surface area is 154 Å². The van der Waals surface area contributed by atoms with Gasteiger partial charge in [-0.05, 0) is 25.0 Å². The highest BCUT2D eigenvalue weighted by atomic mass is 32.1. The lowest BCUT2D eigenvalue weighted by Gasteiger charge is -2.12. The molecule has 0 saturated heterocycles. The van der Waals surface area contributed by atoms with Crippen molar-refractivity contribution in [3.63, 3.8) is 0 Å². The van der Waals surface area contributed by atoms with Gasteiger partial charge in [0.15, 0.2) is 0 Å². The van der Waals surface area contributed by atoms with E-state index in [9.17, 15) is 9.59 Å². The molecule has 1 aliphatic rings. The largest absolute Gasteiger partial charge is 0.289 e. The molecule has 1 aliphatic heterocycles. The number of hydrogen-bond donors (Lipinski definition) is 0. The minimum atomic E-state index is -0.205. The van der Waals surface area contributed by atoms with E-state index in [1.54, 1.807) is 0 Å². The van der Waals surface area contributed by atoms with Gasteiger partial charge in [0.25, 0.3) is 11.5 Å². The van der Waals surface area contributed by atoms with Crippen LogP contribution in [-0.4, -0.2) is 32.7 Å². The summed E-state index contributed by atoms with van der Waals surface area (Å²) in [7, 11) is 0. The molecule has 1 amide bonds. The van der Waals surface area contributed by atoms with Crippen molar-refractivity contribution in [3.05, 3.63) is 63.0 Å². The second kappa shape index (κ2) is 6.49. The molecule has 3 heterocycles. The SMILES string of the molecule is Cc1sc2ncn(CC(=O)N3CCC(c4ccccc4)=N3)c(=O)c2c1C. The van der Waals surface area contributed by atoms with Crippen molar-refractivity contribution in [2.45, 2.75) is 26.8 Å². The number of hydrogen-bond acceptors (Lipinski definition) is 5. The van der Waals surface area contributed by atoms with Crippen LogP contribution in [0.15, 0.2) is 46.6 Å². The second-order valence-corrected chi connectivity index (χ2v) is 7.52. The van der Waals surface area contributed by atoms with Crippen LogP contribution in [0.25, 0.3) is 10.2 Å². The molecule has 3 aromatic rings. The first-order valence-corrected chi connectivity index (χ1v) is 9.24. The first kappa shape index (κ1) is 16.7. The van der Waals surface area contributed by atoms with E-state index in [0.29, 0.717) is 18.4 Å². The van der Waals surface area contributed by atoms with Crippen molar-refractivity contribution in [2.24, 2.45) is 5.10 Å². The van der Waals surface area contributed by atoms with Crippen LogP contribution in [0.4, 0.5) is 0 Å². The van der Waals surface area contributed by atoms with Crippen molar-refractivity contribution in [1.82, 2.24) is 14.6 Å². The molecular formula is C19H18N4O2S. The number of hydrazone groups is 1. The van der Waals surface area contributed by atoms with Crippen LogP contribution in [0.1, 0.15) is 22.4 Å². The molecule has 0 radical (unpaired) electrons. The first-order valence-electron chi connectivity index (χ1n) is 8.43. The maximum Gasteiger partial charge on any atom is 0.262 e. The normalized spacial score (nSPS) is 14.1. The molecule has 6 nitrogen and oxygen atoms in total. The van der Waals surface area contributed by atoms with Crippen LogP contribution in [0, 0.1) is 13.8 Å². The quantitative estimate of drug-likeness (QED) is 0.716. The lowest BCUT2D eigenvalue weighted by Crippen LogP contribution is -2.32. The fourth-order valence-electron chi connectivity index (χ4n) is 3.08. The lowest BCUT2D eigenvalue weighted by atomic mass is 10.1. The Hall–Kier alpha value is -2.80. The van der Waals surface area contributed by atoms with Crippen LogP contribution in [0.2, 0.25) is 0 Å². The molecule has 0 saturated carbocycles. The summed E-state index contributed by atoms with van der Waals surface area (Å²) >= 11 is 1.50. The molecule has 0 fully saturated rings. The van der Waals surface area contributed by atoms with E-state index < -0.39 is 0 Å². The number of benzene rings is 1. The summed E-state index contributed by atoms with van der Waals surface area (Å²) in [6, 6.07) is 9.82. The van der Waals surface area contributed by atoms with Gasteiger partial charge < -0.3 is 0 Å². The van der Waals surface area contributed by atoms with Crippen molar-refractivity contribution in [1.29, 1.82) is 0 Å². The number of carbonyl (C=O) groups excluding carboxylic acids is 1. The van der Waals surface area contributed by atoms with E-state index in [0.717, 1.165) is 26.5 Å². The molecule has 0 spiro atoms. The maximum absolute atomic E-state index is 12.7. The van der Waals surface area contributed by atoms with E-state index in [2.05, 4.69) is 10.1 Å². The van der Waals surface area contributed by atoms with Gasteiger partial charge in [-0.1, -0.05) is 30.3 Å². The standard InChI is InChI=1S/C19H18N4O2S/c1-12-13(2)26-18-17(12)19(25)22(11-20-18)10-16(24)23-9-8-15(21-23)14-6-4-3-5-7-14/h3-7,11H,8-10H2,1-2H3. The molecule has 7 heteroatoms. The first-order chi connectivity index (χ1) is 12.5. The van der Waals surface area contributed by atoms with E-state index in [1.165, 1.54) is 27.2 Å². The number of rotatable bonds is 3. The highest BCUT2D eigenvalue weighted by Crippen LogP contribution is 2.25. The summed E-state index contributed by atoms with van der Waals surface area (Å²) < 4.78 is 1.37. The number of aromatic nitrogens is 2. The van der Waals surface area contributed by atoms with Crippen molar-refractivity contribution < 1.29 is 4.79 Å². The molecule has 0 bridgehead atoms. The number of thiophene rings is 1. The molecule has 0 unspecified atom stereocenters.